The van der Waals surface area contributed by atoms with Crippen molar-refractivity contribution in [3.05, 3.63) is 77.0 Å². The van der Waals surface area contributed by atoms with E-state index in [0.717, 1.165) is 22.6 Å². The number of ketones is 1. The summed E-state index contributed by atoms with van der Waals surface area (Å²) in [5.41, 5.74) is 4.02. The molecule has 0 N–H and O–H groups in total. The molecule has 5 nitrogen and oxygen atoms in total. The number of allylic oxidation sites excluding steroid dienone is 1. The molecule has 1 heterocycles. The van der Waals surface area contributed by atoms with E-state index in [1.165, 1.54) is 0 Å². The van der Waals surface area contributed by atoms with Gasteiger partial charge >= 0.3 is 5.97 Å². The quantitative estimate of drug-likeness (QED) is 0.542. The van der Waals surface area contributed by atoms with Gasteiger partial charge in [0.25, 0.3) is 0 Å². The molecule has 2 aromatic carbocycles. The van der Waals surface area contributed by atoms with Gasteiger partial charge in [-0.3, -0.25) is 9.79 Å². The molecule has 0 aromatic heterocycles. The lowest BCUT2D eigenvalue weighted by atomic mass is 9.66. The first kappa shape index (κ1) is 23.0. The van der Waals surface area contributed by atoms with E-state index >= 15 is 0 Å². The SMILES string of the molecule is CCOc1ccc([C@@H]2C(C(=O)OC(C)C)=C(C)N=C3C[C@H](c4ccccc4)CC(=O)C32)cc1. The van der Waals surface area contributed by atoms with Gasteiger partial charge in [-0.2, -0.15) is 0 Å². The Labute approximate surface area is 195 Å². The molecule has 1 unspecified atom stereocenters. The van der Waals surface area contributed by atoms with E-state index in [4.69, 9.17) is 14.5 Å². The first-order chi connectivity index (χ1) is 15.9. The van der Waals surface area contributed by atoms with Gasteiger partial charge in [0.2, 0.25) is 0 Å². The number of aliphatic imine (C=N–C) groups is 1. The minimum Gasteiger partial charge on any atom is -0.494 e. The van der Waals surface area contributed by atoms with Gasteiger partial charge in [-0.25, -0.2) is 4.79 Å². The number of ether oxygens (including phenoxy) is 2. The van der Waals surface area contributed by atoms with Crippen molar-refractivity contribution in [1.82, 2.24) is 0 Å². The third kappa shape index (κ3) is 4.77. The minimum atomic E-state index is -0.457. The molecule has 5 heteroatoms. The number of carbonyl (C=O) groups is 2. The summed E-state index contributed by atoms with van der Waals surface area (Å²) in [6.45, 7) is 8.01. The van der Waals surface area contributed by atoms with E-state index < -0.39 is 17.8 Å². The highest BCUT2D eigenvalue weighted by Gasteiger charge is 2.46. The first-order valence-corrected chi connectivity index (χ1v) is 11.7. The van der Waals surface area contributed by atoms with Gasteiger partial charge in [0.1, 0.15) is 11.5 Å². The van der Waals surface area contributed by atoms with Crippen LogP contribution in [0.5, 0.6) is 5.75 Å². The van der Waals surface area contributed by atoms with Crippen molar-refractivity contribution in [2.45, 2.75) is 58.5 Å². The van der Waals surface area contributed by atoms with E-state index in [1.807, 2.05) is 70.2 Å². The second kappa shape index (κ2) is 9.74. The summed E-state index contributed by atoms with van der Waals surface area (Å²) in [5, 5.41) is 0. The van der Waals surface area contributed by atoms with Crippen LogP contribution in [0.1, 0.15) is 63.5 Å². The van der Waals surface area contributed by atoms with Crippen molar-refractivity contribution in [3.8, 4) is 5.75 Å². The molecule has 1 saturated carbocycles. The molecule has 1 fully saturated rings. The summed E-state index contributed by atoms with van der Waals surface area (Å²) in [4.78, 5) is 31.5. The summed E-state index contributed by atoms with van der Waals surface area (Å²) < 4.78 is 11.2. The Morgan fingerprint density at radius 2 is 1.70 bits per heavy atom. The van der Waals surface area contributed by atoms with Crippen LogP contribution < -0.4 is 4.74 Å². The fraction of sp³-hybridized carbons (Fsp3) is 0.393. The maximum absolute atomic E-state index is 13.6. The Balaban J connectivity index is 1.76. The number of benzene rings is 2. The molecule has 4 rings (SSSR count). The molecule has 0 saturated heterocycles. The third-order valence-corrected chi connectivity index (χ3v) is 6.34. The second-order valence-corrected chi connectivity index (χ2v) is 9.00. The average molecular weight is 446 g/mol. The van der Waals surface area contributed by atoms with E-state index in [2.05, 4.69) is 12.1 Å². The summed E-state index contributed by atoms with van der Waals surface area (Å²) in [5.74, 6) is -0.286. The largest absolute Gasteiger partial charge is 0.494 e. The van der Waals surface area contributed by atoms with E-state index in [1.54, 1.807) is 0 Å². The van der Waals surface area contributed by atoms with Crippen LogP contribution in [0.15, 0.2) is 70.9 Å². The molecule has 2 aliphatic rings. The Morgan fingerprint density at radius 3 is 2.33 bits per heavy atom. The van der Waals surface area contributed by atoms with Crippen molar-refractivity contribution in [2.24, 2.45) is 10.9 Å². The predicted octanol–water partition coefficient (Wildman–Crippen LogP) is 5.61. The molecule has 0 bridgehead atoms. The maximum atomic E-state index is 13.6. The molecule has 0 spiro atoms. The van der Waals surface area contributed by atoms with Gasteiger partial charge in [-0.05, 0) is 63.3 Å². The van der Waals surface area contributed by atoms with Crippen molar-refractivity contribution in [1.29, 1.82) is 0 Å². The fourth-order valence-corrected chi connectivity index (χ4v) is 4.98. The van der Waals surface area contributed by atoms with Crippen LogP contribution in [0.25, 0.3) is 0 Å². The summed E-state index contributed by atoms with van der Waals surface area (Å²) in [6.07, 6.45) is 0.888. The lowest BCUT2D eigenvalue weighted by Crippen LogP contribution is -2.41. The normalized spacial score (nSPS) is 22.6. The molecule has 0 radical (unpaired) electrons. The molecular weight excluding hydrogens is 414 g/mol. The molecule has 1 aliphatic carbocycles. The summed E-state index contributed by atoms with van der Waals surface area (Å²) in [7, 11) is 0. The minimum absolute atomic E-state index is 0.103. The molecule has 3 atom stereocenters. The fourth-order valence-electron chi connectivity index (χ4n) is 4.98. The Morgan fingerprint density at radius 1 is 1.00 bits per heavy atom. The highest BCUT2D eigenvalue weighted by molar-refractivity contribution is 6.12. The number of Topliss-reactive ketones (excluding diaryl/α,β-unsaturated/α-hetero) is 1. The highest BCUT2D eigenvalue weighted by Crippen LogP contribution is 2.46. The van der Waals surface area contributed by atoms with Gasteiger partial charge in [-0.15, -0.1) is 0 Å². The van der Waals surface area contributed by atoms with Crippen molar-refractivity contribution in [2.75, 3.05) is 6.61 Å². The van der Waals surface area contributed by atoms with Crippen LogP contribution in [0.2, 0.25) is 0 Å². The zero-order valence-corrected chi connectivity index (χ0v) is 19.7. The van der Waals surface area contributed by atoms with Crippen LogP contribution in [0.3, 0.4) is 0 Å². The third-order valence-electron chi connectivity index (χ3n) is 6.34. The van der Waals surface area contributed by atoms with Crippen LogP contribution in [0, 0.1) is 5.92 Å². The van der Waals surface area contributed by atoms with Crippen LogP contribution in [0.4, 0.5) is 0 Å². The second-order valence-electron chi connectivity index (χ2n) is 9.00. The average Bonchev–Trinajstić information content (AvgIpc) is 2.79. The molecule has 172 valence electrons. The lowest BCUT2D eigenvalue weighted by molar-refractivity contribution is -0.143. The predicted molar refractivity (Wildman–Crippen MR) is 129 cm³/mol. The molecule has 33 heavy (non-hydrogen) atoms. The molecular formula is C28H31NO4. The van der Waals surface area contributed by atoms with Crippen molar-refractivity contribution in [3.63, 3.8) is 0 Å². The topological polar surface area (TPSA) is 65.0 Å². The molecule has 2 aromatic rings. The van der Waals surface area contributed by atoms with Gasteiger partial charge in [0.15, 0.2) is 0 Å². The summed E-state index contributed by atoms with van der Waals surface area (Å²) >= 11 is 0. The number of rotatable bonds is 6. The van der Waals surface area contributed by atoms with Gasteiger partial charge < -0.3 is 9.47 Å². The Hall–Kier alpha value is -3.21. The number of esters is 1. The first-order valence-electron chi connectivity index (χ1n) is 11.7. The van der Waals surface area contributed by atoms with E-state index in [-0.39, 0.29) is 17.8 Å². The monoisotopic (exact) mass is 445 g/mol. The molecule has 0 amide bonds. The maximum Gasteiger partial charge on any atom is 0.336 e. The van der Waals surface area contributed by atoms with Gasteiger partial charge in [0.05, 0.1) is 24.2 Å². The van der Waals surface area contributed by atoms with Crippen LogP contribution in [-0.4, -0.2) is 30.2 Å². The Bertz CT molecular complexity index is 1080. The summed E-state index contributed by atoms with van der Waals surface area (Å²) in [6, 6.07) is 17.8. The van der Waals surface area contributed by atoms with E-state index in [9.17, 15) is 9.59 Å². The highest BCUT2D eigenvalue weighted by atomic mass is 16.5. The van der Waals surface area contributed by atoms with Crippen molar-refractivity contribution < 1.29 is 19.1 Å². The van der Waals surface area contributed by atoms with Gasteiger partial charge in [-0.1, -0.05) is 42.5 Å². The number of fused-ring (bicyclic) bond motifs is 1. The Kier molecular flexibility index (Phi) is 6.77. The number of hydrogen-bond acceptors (Lipinski definition) is 5. The number of carbonyl (C=O) groups excluding carboxylic acids is 2. The number of hydrogen-bond donors (Lipinski definition) is 0. The zero-order chi connectivity index (χ0) is 23.5. The van der Waals surface area contributed by atoms with E-state index in [0.29, 0.717) is 30.7 Å². The smallest absolute Gasteiger partial charge is 0.336 e. The van der Waals surface area contributed by atoms with Crippen LogP contribution >= 0.6 is 0 Å². The van der Waals surface area contributed by atoms with Crippen molar-refractivity contribution >= 4 is 17.5 Å². The standard InChI is InChI=1S/C28H31NO4/c1-5-32-22-13-11-20(12-14-22)26-25(28(31)33-17(2)3)18(4)29-23-15-21(16-24(30)27(23)26)19-9-7-6-8-10-19/h6-14,17,21,26-27H,5,15-16H2,1-4H3/t21-,26+,27?/m0/s1. The molecule has 1 aliphatic heterocycles. The van der Waals surface area contributed by atoms with Crippen LogP contribution in [-0.2, 0) is 14.3 Å². The number of nitrogens with zero attached hydrogens (tertiary/aromatic N) is 1. The van der Waals surface area contributed by atoms with Gasteiger partial charge in [0, 0.05) is 23.7 Å². The zero-order valence-electron chi connectivity index (χ0n) is 19.7. The lowest BCUT2D eigenvalue weighted by Gasteiger charge is -2.38.